The van der Waals surface area contributed by atoms with Crippen LogP contribution in [0.5, 0.6) is 0 Å². The summed E-state index contributed by atoms with van der Waals surface area (Å²) >= 11 is 3.39. The number of hydrogen-bond acceptors (Lipinski definition) is 6. The fraction of sp³-hybridized carbons (Fsp3) is 0.158. The van der Waals surface area contributed by atoms with Gasteiger partial charge in [-0.05, 0) is 49.7 Å². The highest BCUT2D eigenvalue weighted by atomic mass is 79.9. The molecule has 0 aliphatic carbocycles. The van der Waals surface area contributed by atoms with Crippen molar-refractivity contribution in [1.82, 2.24) is 19.7 Å². The Morgan fingerprint density at radius 3 is 2.81 bits per heavy atom. The SMILES string of the molecule is Cc1cccc(Nc2nnc(Cn3c(C)nc4ccc(Br)cc4c3=O)o2)c1. The first-order valence-electron chi connectivity index (χ1n) is 8.32. The molecule has 0 aliphatic rings. The molecular weight excluding hydrogens is 410 g/mol. The number of nitrogens with zero attached hydrogens (tertiary/aromatic N) is 4. The van der Waals surface area contributed by atoms with Crippen LogP contribution in [0.4, 0.5) is 11.7 Å². The third kappa shape index (κ3) is 3.61. The highest BCUT2D eigenvalue weighted by Crippen LogP contribution is 2.18. The maximum absolute atomic E-state index is 12.8. The van der Waals surface area contributed by atoms with Crippen LogP contribution in [0.2, 0.25) is 0 Å². The van der Waals surface area contributed by atoms with Gasteiger partial charge in [0, 0.05) is 10.2 Å². The third-order valence-electron chi connectivity index (χ3n) is 4.14. The van der Waals surface area contributed by atoms with Gasteiger partial charge in [-0.25, -0.2) is 4.98 Å². The number of nitrogens with one attached hydrogen (secondary N) is 1. The number of hydrogen-bond donors (Lipinski definition) is 1. The van der Waals surface area contributed by atoms with Crippen molar-refractivity contribution in [3.05, 3.63) is 74.6 Å². The van der Waals surface area contributed by atoms with E-state index in [2.05, 4.69) is 36.4 Å². The van der Waals surface area contributed by atoms with Crippen LogP contribution in [-0.2, 0) is 6.54 Å². The molecule has 0 radical (unpaired) electrons. The number of anilines is 2. The first-order chi connectivity index (χ1) is 13.0. The number of halogens is 1. The van der Waals surface area contributed by atoms with Crippen molar-refractivity contribution in [3.8, 4) is 0 Å². The molecule has 1 N–H and O–H groups in total. The van der Waals surface area contributed by atoms with Crippen LogP contribution in [0.1, 0.15) is 17.3 Å². The number of fused-ring (bicyclic) bond motifs is 1. The summed E-state index contributed by atoms with van der Waals surface area (Å²) in [6.07, 6.45) is 0. The van der Waals surface area contributed by atoms with Crippen LogP contribution in [0.3, 0.4) is 0 Å². The highest BCUT2D eigenvalue weighted by Gasteiger charge is 2.13. The maximum Gasteiger partial charge on any atom is 0.320 e. The van der Waals surface area contributed by atoms with E-state index in [0.717, 1.165) is 15.7 Å². The quantitative estimate of drug-likeness (QED) is 0.532. The summed E-state index contributed by atoms with van der Waals surface area (Å²) in [4.78, 5) is 17.3. The predicted molar refractivity (Wildman–Crippen MR) is 106 cm³/mol. The Hall–Kier alpha value is -3.00. The molecule has 0 saturated heterocycles. The average Bonchev–Trinajstić information content (AvgIpc) is 3.06. The molecule has 2 heterocycles. The number of benzene rings is 2. The van der Waals surface area contributed by atoms with Gasteiger partial charge in [-0.2, -0.15) is 0 Å². The van der Waals surface area contributed by atoms with E-state index >= 15 is 0 Å². The second-order valence-electron chi connectivity index (χ2n) is 6.21. The van der Waals surface area contributed by atoms with Crippen molar-refractivity contribution < 1.29 is 4.42 Å². The van der Waals surface area contributed by atoms with Crippen molar-refractivity contribution in [2.75, 3.05) is 5.32 Å². The monoisotopic (exact) mass is 425 g/mol. The molecule has 0 unspecified atom stereocenters. The lowest BCUT2D eigenvalue weighted by atomic mass is 10.2. The third-order valence-corrected chi connectivity index (χ3v) is 4.63. The minimum atomic E-state index is -0.148. The average molecular weight is 426 g/mol. The lowest BCUT2D eigenvalue weighted by Gasteiger charge is -2.08. The standard InChI is InChI=1S/C19H16BrN5O2/c1-11-4-3-5-14(8-11)22-19-24-23-17(27-19)10-25-12(2)21-16-7-6-13(20)9-15(16)18(25)26/h3-9H,10H2,1-2H3,(H,22,24). The van der Waals surface area contributed by atoms with Crippen LogP contribution >= 0.6 is 15.9 Å². The number of rotatable bonds is 4. The smallest absolute Gasteiger partial charge is 0.320 e. The molecule has 0 bridgehead atoms. The molecule has 136 valence electrons. The Morgan fingerprint density at radius 1 is 1.15 bits per heavy atom. The second kappa shape index (κ2) is 6.96. The van der Waals surface area contributed by atoms with Crippen LogP contribution in [0.25, 0.3) is 10.9 Å². The van der Waals surface area contributed by atoms with Crippen molar-refractivity contribution >= 4 is 38.5 Å². The van der Waals surface area contributed by atoms with Gasteiger partial charge in [0.1, 0.15) is 12.4 Å². The highest BCUT2D eigenvalue weighted by molar-refractivity contribution is 9.10. The molecule has 2 aromatic carbocycles. The second-order valence-corrected chi connectivity index (χ2v) is 7.12. The number of aryl methyl sites for hydroxylation is 2. The molecule has 4 aromatic rings. The minimum absolute atomic E-state index is 0.148. The summed E-state index contributed by atoms with van der Waals surface area (Å²) in [7, 11) is 0. The zero-order valence-corrected chi connectivity index (χ0v) is 16.3. The molecule has 0 saturated carbocycles. The van der Waals surface area contributed by atoms with Gasteiger partial charge in [0.05, 0.1) is 10.9 Å². The molecule has 0 atom stereocenters. The van der Waals surface area contributed by atoms with E-state index in [1.807, 2.05) is 43.3 Å². The Balaban J connectivity index is 1.63. The summed E-state index contributed by atoms with van der Waals surface area (Å²) in [5.74, 6) is 0.910. The molecular formula is C19H16BrN5O2. The van der Waals surface area contributed by atoms with E-state index in [4.69, 9.17) is 4.42 Å². The molecule has 0 amide bonds. The summed E-state index contributed by atoms with van der Waals surface area (Å²) in [6, 6.07) is 13.5. The van der Waals surface area contributed by atoms with Gasteiger partial charge < -0.3 is 9.73 Å². The van der Waals surface area contributed by atoms with E-state index in [1.54, 1.807) is 13.0 Å². The van der Waals surface area contributed by atoms with E-state index in [-0.39, 0.29) is 18.1 Å². The Labute approximate surface area is 163 Å². The van der Waals surface area contributed by atoms with Gasteiger partial charge in [-0.15, -0.1) is 5.10 Å². The molecule has 7 nitrogen and oxygen atoms in total. The lowest BCUT2D eigenvalue weighted by Crippen LogP contribution is -2.24. The Morgan fingerprint density at radius 2 is 2.00 bits per heavy atom. The lowest BCUT2D eigenvalue weighted by molar-refractivity contribution is 0.482. The molecule has 2 aromatic heterocycles. The van der Waals surface area contributed by atoms with Crippen LogP contribution in [-0.4, -0.2) is 19.7 Å². The van der Waals surface area contributed by atoms with Crippen LogP contribution in [0, 0.1) is 13.8 Å². The summed E-state index contributed by atoms with van der Waals surface area (Å²) in [5, 5.41) is 11.6. The molecule has 0 fully saturated rings. The maximum atomic E-state index is 12.8. The molecule has 4 rings (SSSR count). The largest absolute Gasteiger partial charge is 0.406 e. The van der Waals surface area contributed by atoms with Crippen LogP contribution < -0.4 is 10.9 Å². The minimum Gasteiger partial charge on any atom is -0.406 e. The topological polar surface area (TPSA) is 85.8 Å². The normalized spacial score (nSPS) is 11.1. The Kier molecular flexibility index (Phi) is 4.49. The summed E-state index contributed by atoms with van der Waals surface area (Å²) < 4.78 is 8.00. The molecule has 0 aliphatic heterocycles. The van der Waals surface area contributed by atoms with E-state index in [0.29, 0.717) is 22.6 Å². The molecule has 0 spiro atoms. The van der Waals surface area contributed by atoms with E-state index < -0.39 is 0 Å². The summed E-state index contributed by atoms with van der Waals surface area (Å²) in [6.45, 7) is 3.94. The van der Waals surface area contributed by atoms with Gasteiger partial charge >= 0.3 is 6.01 Å². The van der Waals surface area contributed by atoms with Crippen molar-refractivity contribution in [2.24, 2.45) is 0 Å². The summed E-state index contributed by atoms with van der Waals surface area (Å²) in [5.41, 5.74) is 2.49. The van der Waals surface area contributed by atoms with E-state index in [1.165, 1.54) is 4.57 Å². The first-order valence-corrected chi connectivity index (χ1v) is 9.12. The van der Waals surface area contributed by atoms with Crippen molar-refractivity contribution in [1.29, 1.82) is 0 Å². The zero-order valence-electron chi connectivity index (χ0n) is 14.7. The first kappa shape index (κ1) is 17.4. The van der Waals surface area contributed by atoms with Crippen LogP contribution in [0.15, 0.2) is 56.1 Å². The fourth-order valence-electron chi connectivity index (χ4n) is 2.84. The van der Waals surface area contributed by atoms with E-state index in [9.17, 15) is 4.79 Å². The van der Waals surface area contributed by atoms with Gasteiger partial charge in [0.2, 0.25) is 5.89 Å². The van der Waals surface area contributed by atoms with Crippen molar-refractivity contribution in [3.63, 3.8) is 0 Å². The molecule has 8 heteroatoms. The van der Waals surface area contributed by atoms with Gasteiger partial charge in [-0.1, -0.05) is 33.2 Å². The van der Waals surface area contributed by atoms with Gasteiger partial charge in [0.25, 0.3) is 5.56 Å². The van der Waals surface area contributed by atoms with Gasteiger partial charge in [0.15, 0.2) is 0 Å². The zero-order chi connectivity index (χ0) is 19.0. The number of aromatic nitrogens is 4. The molecule has 27 heavy (non-hydrogen) atoms. The van der Waals surface area contributed by atoms with Gasteiger partial charge in [-0.3, -0.25) is 9.36 Å². The van der Waals surface area contributed by atoms with Crippen molar-refractivity contribution in [2.45, 2.75) is 20.4 Å². The fourth-order valence-corrected chi connectivity index (χ4v) is 3.20. The Bertz CT molecular complexity index is 1200. The predicted octanol–water partition coefficient (Wildman–Crippen LogP) is 3.95.